The van der Waals surface area contributed by atoms with E-state index in [1.165, 1.54) is 29.8 Å². The number of carboxylic acid groups (broad SMARTS) is 1. The van der Waals surface area contributed by atoms with Gasteiger partial charge in [-0.2, -0.15) is 0 Å². The molecule has 2 aromatic carbocycles. The van der Waals surface area contributed by atoms with Crippen LogP contribution in [0.15, 0.2) is 54.6 Å². The van der Waals surface area contributed by atoms with Crippen molar-refractivity contribution in [2.75, 3.05) is 18.0 Å². The zero-order valence-electron chi connectivity index (χ0n) is 16.7. The average Bonchev–Trinajstić information content (AvgIpc) is 3.03. The summed E-state index contributed by atoms with van der Waals surface area (Å²) in [6.45, 7) is 2.82. The Balaban J connectivity index is 1.32. The first-order valence-corrected chi connectivity index (χ1v) is 10.2. The van der Waals surface area contributed by atoms with Crippen molar-refractivity contribution in [3.8, 4) is 0 Å². The van der Waals surface area contributed by atoms with Gasteiger partial charge in [-0.1, -0.05) is 30.3 Å². The van der Waals surface area contributed by atoms with Gasteiger partial charge in [0.15, 0.2) is 0 Å². The maximum atomic E-state index is 12.8. The molecule has 2 fully saturated rings. The lowest BCUT2D eigenvalue weighted by Crippen LogP contribution is -2.48. The predicted octanol–water partition coefficient (Wildman–Crippen LogP) is 2.27. The predicted molar refractivity (Wildman–Crippen MR) is 112 cm³/mol. The maximum Gasteiger partial charge on any atom is 0.335 e. The minimum atomic E-state index is -1.04. The highest BCUT2D eigenvalue weighted by atomic mass is 16.4. The second-order valence-electron chi connectivity index (χ2n) is 7.88. The molecule has 2 N–H and O–H groups in total. The van der Waals surface area contributed by atoms with Gasteiger partial charge in [0.05, 0.1) is 23.7 Å². The van der Waals surface area contributed by atoms with Crippen LogP contribution in [0.4, 0.5) is 5.69 Å². The zero-order valence-corrected chi connectivity index (χ0v) is 16.7. The lowest BCUT2D eigenvalue weighted by Gasteiger charge is -2.33. The number of hydrogen-bond acceptors (Lipinski definition) is 5. The molecule has 1 unspecified atom stereocenters. The molecule has 2 aliphatic rings. The van der Waals surface area contributed by atoms with Crippen molar-refractivity contribution >= 4 is 23.5 Å². The van der Waals surface area contributed by atoms with E-state index in [4.69, 9.17) is 5.11 Å². The van der Waals surface area contributed by atoms with E-state index >= 15 is 0 Å². The van der Waals surface area contributed by atoms with Gasteiger partial charge in [-0.25, -0.2) is 9.69 Å². The van der Waals surface area contributed by atoms with Crippen molar-refractivity contribution in [3.63, 3.8) is 0 Å². The normalized spacial score (nSPS) is 20.7. The van der Waals surface area contributed by atoms with Gasteiger partial charge in [0.25, 0.3) is 5.91 Å². The van der Waals surface area contributed by atoms with Gasteiger partial charge < -0.3 is 10.4 Å². The van der Waals surface area contributed by atoms with Gasteiger partial charge in [0.1, 0.15) is 0 Å². The summed E-state index contributed by atoms with van der Waals surface area (Å²) < 4.78 is 0. The molecule has 2 aromatic rings. The summed E-state index contributed by atoms with van der Waals surface area (Å²) in [5.74, 6) is -1.57. The fourth-order valence-electron chi connectivity index (χ4n) is 4.17. The number of hydrogen-bond donors (Lipinski definition) is 2. The number of amides is 2. The van der Waals surface area contributed by atoms with Crippen LogP contribution < -0.4 is 10.2 Å². The molecule has 0 aromatic heterocycles. The molecule has 2 amide bonds. The number of benzene rings is 2. The van der Waals surface area contributed by atoms with Crippen LogP contribution in [0.25, 0.3) is 0 Å². The quantitative estimate of drug-likeness (QED) is 0.714. The number of imide groups is 1. The Morgan fingerprint density at radius 2 is 1.67 bits per heavy atom. The molecule has 0 radical (unpaired) electrons. The Hall–Kier alpha value is -3.03. The number of carbonyl (C=O) groups excluding carboxylic acids is 2. The minimum Gasteiger partial charge on any atom is -0.478 e. The van der Waals surface area contributed by atoms with Gasteiger partial charge in [-0.3, -0.25) is 14.5 Å². The highest BCUT2D eigenvalue weighted by Crippen LogP contribution is 2.24. The van der Waals surface area contributed by atoms with Crippen molar-refractivity contribution in [1.82, 2.24) is 10.2 Å². The summed E-state index contributed by atoms with van der Waals surface area (Å²) in [6, 6.07) is 15.9. The summed E-state index contributed by atoms with van der Waals surface area (Å²) in [6.07, 6.45) is 1.99. The number of anilines is 1. The molecular formula is C23H25N3O4. The van der Waals surface area contributed by atoms with E-state index in [1.807, 2.05) is 18.2 Å². The molecule has 4 rings (SSSR count). The van der Waals surface area contributed by atoms with Crippen molar-refractivity contribution in [1.29, 1.82) is 0 Å². The molecule has 2 heterocycles. The van der Waals surface area contributed by atoms with E-state index < -0.39 is 12.0 Å². The van der Waals surface area contributed by atoms with E-state index in [1.54, 1.807) is 0 Å². The lowest BCUT2D eigenvalue weighted by molar-refractivity contribution is -0.121. The second kappa shape index (κ2) is 8.77. The van der Waals surface area contributed by atoms with E-state index in [0.717, 1.165) is 37.4 Å². The summed E-state index contributed by atoms with van der Waals surface area (Å²) in [5, 5.41) is 12.4. The van der Waals surface area contributed by atoms with Gasteiger partial charge in [0, 0.05) is 12.6 Å². The van der Waals surface area contributed by atoms with Gasteiger partial charge in [-0.05, 0) is 55.8 Å². The third-order valence-electron chi connectivity index (χ3n) is 5.79. The number of nitrogens with zero attached hydrogens (tertiary/aromatic N) is 2. The standard InChI is InChI=1S/C23H25N3O4/c27-21-14-20(22(28)26(21)19-8-6-17(7-9-19)23(29)30)24-18-10-12-25(13-11-18)15-16-4-2-1-3-5-16/h1-9,18,20,24H,10-15H2,(H,29,30). The Morgan fingerprint density at radius 3 is 2.30 bits per heavy atom. The summed E-state index contributed by atoms with van der Waals surface area (Å²) >= 11 is 0. The number of likely N-dealkylation sites (tertiary alicyclic amines) is 1. The lowest BCUT2D eigenvalue weighted by atomic mass is 10.0. The van der Waals surface area contributed by atoms with Crippen LogP contribution in [0.1, 0.15) is 35.2 Å². The molecule has 2 aliphatic heterocycles. The topological polar surface area (TPSA) is 89.9 Å². The fraction of sp³-hybridized carbons (Fsp3) is 0.348. The molecule has 2 saturated heterocycles. The van der Waals surface area contributed by atoms with Crippen molar-refractivity contribution in [3.05, 3.63) is 65.7 Å². The maximum absolute atomic E-state index is 12.8. The molecule has 0 aliphatic carbocycles. The smallest absolute Gasteiger partial charge is 0.335 e. The van der Waals surface area contributed by atoms with E-state index in [0.29, 0.717) is 5.69 Å². The third-order valence-corrected chi connectivity index (χ3v) is 5.79. The Labute approximate surface area is 175 Å². The SMILES string of the molecule is O=C(O)c1ccc(N2C(=O)CC(NC3CCN(Cc4ccccc4)CC3)C2=O)cc1. The van der Waals surface area contributed by atoms with Crippen LogP contribution >= 0.6 is 0 Å². The molecule has 30 heavy (non-hydrogen) atoms. The molecule has 0 spiro atoms. The highest BCUT2D eigenvalue weighted by molar-refractivity contribution is 6.22. The number of nitrogens with one attached hydrogen (secondary N) is 1. The number of carboxylic acids is 1. The largest absolute Gasteiger partial charge is 0.478 e. The summed E-state index contributed by atoms with van der Waals surface area (Å²) in [5.41, 5.74) is 1.83. The first-order valence-electron chi connectivity index (χ1n) is 10.2. The molecule has 1 atom stereocenters. The van der Waals surface area contributed by atoms with Crippen LogP contribution in [-0.2, 0) is 16.1 Å². The molecule has 156 valence electrons. The van der Waals surface area contributed by atoms with Crippen molar-refractivity contribution in [2.24, 2.45) is 0 Å². The van der Waals surface area contributed by atoms with E-state index in [2.05, 4.69) is 22.3 Å². The first kappa shape index (κ1) is 20.3. The number of carbonyl (C=O) groups is 3. The molecule has 7 nitrogen and oxygen atoms in total. The monoisotopic (exact) mass is 407 g/mol. The number of aromatic carboxylic acids is 1. The van der Waals surface area contributed by atoms with Crippen LogP contribution in [0.3, 0.4) is 0 Å². The molecule has 7 heteroatoms. The van der Waals surface area contributed by atoms with E-state index in [9.17, 15) is 14.4 Å². The van der Waals surface area contributed by atoms with Crippen LogP contribution in [0.2, 0.25) is 0 Å². The van der Waals surface area contributed by atoms with Gasteiger partial charge >= 0.3 is 5.97 Å². The molecule has 0 bridgehead atoms. The second-order valence-corrected chi connectivity index (χ2v) is 7.88. The van der Waals surface area contributed by atoms with E-state index in [-0.39, 0.29) is 29.8 Å². The molecule has 0 saturated carbocycles. The van der Waals surface area contributed by atoms with Gasteiger partial charge in [0.2, 0.25) is 5.91 Å². The minimum absolute atomic E-state index is 0.120. The Morgan fingerprint density at radius 1 is 1.00 bits per heavy atom. The highest BCUT2D eigenvalue weighted by Gasteiger charge is 2.40. The van der Waals surface area contributed by atoms with Crippen LogP contribution in [0, 0.1) is 0 Å². The van der Waals surface area contributed by atoms with Crippen LogP contribution in [0.5, 0.6) is 0 Å². The van der Waals surface area contributed by atoms with Crippen LogP contribution in [-0.4, -0.2) is 53.0 Å². The molecular weight excluding hydrogens is 382 g/mol. The van der Waals surface area contributed by atoms with Crippen molar-refractivity contribution < 1.29 is 19.5 Å². The first-order chi connectivity index (χ1) is 14.5. The number of rotatable bonds is 6. The van der Waals surface area contributed by atoms with Crippen molar-refractivity contribution in [2.45, 2.75) is 37.9 Å². The average molecular weight is 407 g/mol. The Bertz CT molecular complexity index is 921. The zero-order chi connectivity index (χ0) is 21.1. The summed E-state index contributed by atoms with van der Waals surface area (Å²) in [4.78, 5) is 39.9. The van der Waals surface area contributed by atoms with Gasteiger partial charge in [-0.15, -0.1) is 0 Å². The Kier molecular flexibility index (Phi) is 5.92. The summed E-state index contributed by atoms with van der Waals surface area (Å²) in [7, 11) is 0. The third kappa shape index (κ3) is 4.42. The number of piperidine rings is 1. The fourth-order valence-corrected chi connectivity index (χ4v) is 4.17.